The topological polar surface area (TPSA) is 50.5 Å². The maximum absolute atomic E-state index is 13.6. The van der Waals surface area contributed by atoms with E-state index in [1.165, 1.54) is 5.56 Å². The Morgan fingerprint density at radius 3 is 2.70 bits per heavy atom. The molecule has 176 valence electrons. The van der Waals surface area contributed by atoms with Crippen LogP contribution in [0.15, 0.2) is 36.4 Å². The van der Waals surface area contributed by atoms with E-state index in [4.69, 9.17) is 9.72 Å². The first-order valence-corrected chi connectivity index (χ1v) is 12.0. The molecule has 1 aliphatic heterocycles. The number of halogens is 1. The Bertz CT molecular complexity index is 1170. The summed E-state index contributed by atoms with van der Waals surface area (Å²) in [4.78, 5) is 7.32. The maximum atomic E-state index is 13.6. The fourth-order valence-corrected chi connectivity index (χ4v) is 5.81. The molecule has 0 radical (unpaired) electrons. The SMILES string of the molecule is CO[C@H]1CN(CC2Cc3ccc(F)cc3C2)CC[C@H]1n1c(C(C)(C)O)nc2cc(C)ccc21. The van der Waals surface area contributed by atoms with E-state index in [2.05, 4.69) is 34.6 Å². The maximum Gasteiger partial charge on any atom is 0.141 e. The number of aliphatic hydroxyl groups is 1. The van der Waals surface area contributed by atoms with Gasteiger partial charge in [-0.2, -0.15) is 0 Å². The van der Waals surface area contributed by atoms with Gasteiger partial charge in [-0.3, -0.25) is 0 Å². The third-order valence-electron chi connectivity index (χ3n) is 7.34. The van der Waals surface area contributed by atoms with E-state index in [-0.39, 0.29) is 18.0 Å². The van der Waals surface area contributed by atoms with Crippen molar-refractivity contribution in [3.63, 3.8) is 0 Å². The highest BCUT2D eigenvalue weighted by Crippen LogP contribution is 2.35. The number of benzene rings is 2. The molecule has 0 spiro atoms. The number of hydrogen-bond donors (Lipinski definition) is 1. The van der Waals surface area contributed by atoms with Gasteiger partial charge in [0.1, 0.15) is 17.2 Å². The zero-order chi connectivity index (χ0) is 23.3. The number of aromatic nitrogens is 2. The van der Waals surface area contributed by atoms with E-state index in [1.54, 1.807) is 33.1 Å². The largest absolute Gasteiger partial charge is 0.383 e. The molecule has 1 fully saturated rings. The standard InChI is InChI=1S/C27H34FN3O2/c1-17-5-8-23-22(11-17)29-26(27(2,3)32)31(23)24-9-10-30(16-25(24)33-4)15-18-12-19-6-7-21(28)14-20(19)13-18/h5-8,11,14,18,24-25,32H,9-10,12-13,15-16H2,1-4H3/t18?,24-,25+/m1/s1. The molecule has 1 N–H and O–H groups in total. The number of ether oxygens (including phenoxy) is 1. The van der Waals surface area contributed by atoms with Crippen LogP contribution in [0.25, 0.3) is 11.0 Å². The van der Waals surface area contributed by atoms with Crippen LogP contribution >= 0.6 is 0 Å². The van der Waals surface area contributed by atoms with Crippen molar-refractivity contribution in [1.29, 1.82) is 0 Å². The van der Waals surface area contributed by atoms with Crippen LogP contribution in [0.2, 0.25) is 0 Å². The molecule has 5 rings (SSSR count). The van der Waals surface area contributed by atoms with Crippen molar-refractivity contribution in [3.05, 3.63) is 64.7 Å². The third-order valence-corrected chi connectivity index (χ3v) is 7.34. The number of methoxy groups -OCH3 is 1. The Labute approximate surface area is 195 Å². The van der Waals surface area contributed by atoms with Crippen LogP contribution in [0, 0.1) is 18.7 Å². The highest BCUT2D eigenvalue weighted by Gasteiger charge is 2.37. The van der Waals surface area contributed by atoms with Crippen molar-refractivity contribution < 1.29 is 14.2 Å². The van der Waals surface area contributed by atoms with Gasteiger partial charge in [-0.25, -0.2) is 9.37 Å². The molecule has 0 bridgehead atoms. The van der Waals surface area contributed by atoms with Gasteiger partial charge in [-0.15, -0.1) is 0 Å². The number of piperidine rings is 1. The van der Waals surface area contributed by atoms with E-state index in [9.17, 15) is 9.50 Å². The van der Waals surface area contributed by atoms with Crippen molar-refractivity contribution in [3.8, 4) is 0 Å². The molecule has 2 aromatic carbocycles. The van der Waals surface area contributed by atoms with Gasteiger partial charge in [0.25, 0.3) is 0 Å². The molecule has 2 aliphatic rings. The average Bonchev–Trinajstić information content (AvgIpc) is 3.33. The Hall–Kier alpha value is -2.28. The predicted molar refractivity (Wildman–Crippen MR) is 128 cm³/mol. The van der Waals surface area contributed by atoms with Gasteiger partial charge in [0, 0.05) is 26.7 Å². The average molecular weight is 452 g/mol. The van der Waals surface area contributed by atoms with Crippen LogP contribution in [0.4, 0.5) is 4.39 Å². The zero-order valence-electron chi connectivity index (χ0n) is 20.0. The lowest BCUT2D eigenvalue weighted by molar-refractivity contribution is -0.0152. The highest BCUT2D eigenvalue weighted by molar-refractivity contribution is 5.77. The monoisotopic (exact) mass is 451 g/mol. The summed E-state index contributed by atoms with van der Waals surface area (Å²) in [7, 11) is 1.78. The lowest BCUT2D eigenvalue weighted by Crippen LogP contribution is -2.47. The smallest absolute Gasteiger partial charge is 0.141 e. The minimum atomic E-state index is -1.05. The first kappa shape index (κ1) is 22.5. The first-order chi connectivity index (χ1) is 15.7. The molecular weight excluding hydrogens is 417 g/mol. The molecule has 0 amide bonds. The van der Waals surface area contributed by atoms with Crippen LogP contribution in [-0.4, -0.2) is 52.4 Å². The van der Waals surface area contributed by atoms with E-state index in [1.807, 2.05) is 6.07 Å². The number of rotatable bonds is 5. The third kappa shape index (κ3) is 4.32. The second-order valence-corrected chi connectivity index (χ2v) is 10.4. The van der Waals surface area contributed by atoms with Crippen LogP contribution < -0.4 is 0 Å². The first-order valence-electron chi connectivity index (χ1n) is 12.0. The van der Waals surface area contributed by atoms with Crippen LogP contribution in [0.1, 0.15) is 48.8 Å². The van der Waals surface area contributed by atoms with Gasteiger partial charge in [0.15, 0.2) is 0 Å². The summed E-state index contributed by atoms with van der Waals surface area (Å²) < 4.78 is 21.9. The zero-order valence-corrected chi connectivity index (χ0v) is 20.0. The number of nitrogens with zero attached hydrogens (tertiary/aromatic N) is 3. The van der Waals surface area contributed by atoms with E-state index < -0.39 is 5.60 Å². The Balaban J connectivity index is 1.36. The van der Waals surface area contributed by atoms with Crippen molar-refractivity contribution in [1.82, 2.24) is 14.5 Å². The fourth-order valence-electron chi connectivity index (χ4n) is 5.81. The van der Waals surface area contributed by atoms with Gasteiger partial charge in [0.05, 0.1) is 23.2 Å². The van der Waals surface area contributed by atoms with Crippen molar-refractivity contribution >= 4 is 11.0 Å². The van der Waals surface area contributed by atoms with Gasteiger partial charge in [-0.05, 0) is 86.9 Å². The number of fused-ring (bicyclic) bond motifs is 2. The molecule has 3 atom stereocenters. The summed E-state index contributed by atoms with van der Waals surface area (Å²) in [6, 6.07) is 11.6. The Morgan fingerprint density at radius 2 is 1.94 bits per heavy atom. The van der Waals surface area contributed by atoms with E-state index in [0.717, 1.165) is 61.1 Å². The predicted octanol–water partition coefficient (Wildman–Crippen LogP) is 4.39. The van der Waals surface area contributed by atoms with E-state index >= 15 is 0 Å². The van der Waals surface area contributed by atoms with Crippen molar-refractivity contribution in [2.45, 2.75) is 57.8 Å². The fraction of sp³-hybridized carbons (Fsp3) is 0.519. The second-order valence-electron chi connectivity index (χ2n) is 10.4. The molecule has 3 aromatic rings. The molecule has 2 heterocycles. The molecular formula is C27H34FN3O2. The van der Waals surface area contributed by atoms with E-state index in [0.29, 0.717) is 11.7 Å². The summed E-state index contributed by atoms with van der Waals surface area (Å²) >= 11 is 0. The molecule has 33 heavy (non-hydrogen) atoms. The Morgan fingerprint density at radius 1 is 1.15 bits per heavy atom. The van der Waals surface area contributed by atoms with Gasteiger partial charge in [0.2, 0.25) is 0 Å². The van der Waals surface area contributed by atoms with Gasteiger partial charge in [-0.1, -0.05) is 12.1 Å². The summed E-state index contributed by atoms with van der Waals surface area (Å²) in [6.45, 7) is 8.45. The van der Waals surface area contributed by atoms with Crippen LogP contribution in [0.5, 0.6) is 0 Å². The molecule has 5 nitrogen and oxygen atoms in total. The molecule has 6 heteroatoms. The van der Waals surface area contributed by atoms with Crippen LogP contribution in [0.3, 0.4) is 0 Å². The van der Waals surface area contributed by atoms with Crippen molar-refractivity contribution in [2.24, 2.45) is 5.92 Å². The summed E-state index contributed by atoms with van der Waals surface area (Å²) in [5.41, 5.74) is 4.52. The Kier molecular flexibility index (Phi) is 5.79. The molecule has 1 saturated heterocycles. The van der Waals surface area contributed by atoms with Gasteiger partial charge >= 0.3 is 0 Å². The van der Waals surface area contributed by atoms with Crippen molar-refractivity contribution in [2.75, 3.05) is 26.7 Å². The summed E-state index contributed by atoms with van der Waals surface area (Å²) in [6.07, 6.45) is 2.88. The second kappa shape index (κ2) is 8.49. The van der Waals surface area contributed by atoms with Gasteiger partial charge < -0.3 is 19.3 Å². The summed E-state index contributed by atoms with van der Waals surface area (Å²) in [5.74, 6) is 1.07. The molecule has 1 unspecified atom stereocenters. The van der Waals surface area contributed by atoms with Crippen LogP contribution in [-0.2, 0) is 23.2 Å². The minimum Gasteiger partial charge on any atom is -0.383 e. The quantitative estimate of drug-likeness (QED) is 0.625. The normalized spacial score (nSPS) is 23.9. The molecule has 0 saturated carbocycles. The molecule has 1 aliphatic carbocycles. The number of imidazole rings is 1. The number of hydrogen-bond acceptors (Lipinski definition) is 4. The number of aryl methyl sites for hydroxylation is 1. The lowest BCUT2D eigenvalue weighted by atomic mass is 9.97. The number of likely N-dealkylation sites (tertiary alicyclic amines) is 1. The lowest BCUT2D eigenvalue weighted by Gasteiger charge is -2.40. The minimum absolute atomic E-state index is 0.000208. The highest BCUT2D eigenvalue weighted by atomic mass is 19.1. The summed E-state index contributed by atoms with van der Waals surface area (Å²) in [5, 5.41) is 10.9. The molecule has 1 aromatic heterocycles.